The molecule has 0 amide bonds. The molecule has 0 aromatic carbocycles. The molecule has 4 nitrogen and oxygen atoms in total. The molecule has 4 heteroatoms. The van der Waals surface area contributed by atoms with Crippen molar-refractivity contribution in [3.8, 4) is 0 Å². The maximum absolute atomic E-state index is 10.9. The van der Waals surface area contributed by atoms with Crippen LogP contribution in [0.15, 0.2) is 12.2 Å². The van der Waals surface area contributed by atoms with E-state index in [0.717, 1.165) is 18.5 Å². The van der Waals surface area contributed by atoms with Gasteiger partial charge < -0.3 is 9.84 Å². The van der Waals surface area contributed by atoms with Gasteiger partial charge in [-0.2, -0.15) is 0 Å². The summed E-state index contributed by atoms with van der Waals surface area (Å²) in [5.41, 5.74) is 1.12. The standard InChI is InChI=1S/C11H19NO3/c1-4-8(2)5-12(3)10-7-15-6-9(10)11(13)14/h9-10H,2,4-7H2,1,3H3,(H,13,14). The summed E-state index contributed by atoms with van der Waals surface area (Å²) < 4.78 is 5.22. The average Bonchev–Trinajstić information content (AvgIpc) is 2.65. The molecular weight excluding hydrogens is 194 g/mol. The van der Waals surface area contributed by atoms with E-state index in [9.17, 15) is 4.79 Å². The zero-order chi connectivity index (χ0) is 11.4. The fraction of sp³-hybridized carbons (Fsp3) is 0.727. The van der Waals surface area contributed by atoms with Crippen molar-refractivity contribution in [2.24, 2.45) is 5.92 Å². The van der Waals surface area contributed by atoms with Gasteiger partial charge in [-0.25, -0.2) is 0 Å². The van der Waals surface area contributed by atoms with E-state index in [1.165, 1.54) is 0 Å². The summed E-state index contributed by atoms with van der Waals surface area (Å²) in [6.07, 6.45) is 0.926. The molecule has 0 aromatic heterocycles. The second kappa shape index (κ2) is 5.28. The Morgan fingerprint density at radius 2 is 2.27 bits per heavy atom. The first-order chi connectivity index (χ1) is 7.06. The van der Waals surface area contributed by atoms with Crippen molar-refractivity contribution < 1.29 is 14.6 Å². The van der Waals surface area contributed by atoms with E-state index in [1.54, 1.807) is 0 Å². The monoisotopic (exact) mass is 213 g/mol. The smallest absolute Gasteiger partial charge is 0.310 e. The van der Waals surface area contributed by atoms with Gasteiger partial charge in [0.05, 0.1) is 19.1 Å². The van der Waals surface area contributed by atoms with Crippen LogP contribution in [0.3, 0.4) is 0 Å². The lowest BCUT2D eigenvalue weighted by molar-refractivity contribution is -0.143. The van der Waals surface area contributed by atoms with Crippen LogP contribution in [0.25, 0.3) is 0 Å². The first-order valence-corrected chi connectivity index (χ1v) is 5.23. The lowest BCUT2D eigenvalue weighted by Gasteiger charge is -2.26. The van der Waals surface area contributed by atoms with Crippen molar-refractivity contribution in [2.45, 2.75) is 19.4 Å². The topological polar surface area (TPSA) is 49.8 Å². The lowest BCUT2D eigenvalue weighted by atomic mass is 10.0. The van der Waals surface area contributed by atoms with E-state index >= 15 is 0 Å². The van der Waals surface area contributed by atoms with Crippen LogP contribution < -0.4 is 0 Å². The van der Waals surface area contributed by atoms with Gasteiger partial charge in [-0.3, -0.25) is 9.69 Å². The molecule has 2 atom stereocenters. The molecule has 0 bridgehead atoms. The van der Waals surface area contributed by atoms with Gasteiger partial charge in [-0.05, 0) is 13.5 Å². The summed E-state index contributed by atoms with van der Waals surface area (Å²) in [5.74, 6) is -1.17. The highest BCUT2D eigenvalue weighted by Gasteiger charge is 2.36. The summed E-state index contributed by atoms with van der Waals surface area (Å²) in [5, 5.41) is 8.99. The third-order valence-electron chi connectivity index (χ3n) is 2.91. The van der Waals surface area contributed by atoms with E-state index in [0.29, 0.717) is 13.2 Å². The normalized spacial score (nSPS) is 25.8. The number of likely N-dealkylation sites (N-methyl/N-ethyl adjacent to an activating group) is 1. The van der Waals surface area contributed by atoms with Crippen LogP contribution in [0.4, 0.5) is 0 Å². The first-order valence-electron chi connectivity index (χ1n) is 5.23. The fourth-order valence-electron chi connectivity index (χ4n) is 1.80. The summed E-state index contributed by atoms with van der Waals surface area (Å²) >= 11 is 0. The molecule has 2 unspecified atom stereocenters. The molecule has 86 valence electrons. The molecule has 1 aliphatic rings. The average molecular weight is 213 g/mol. The molecule has 1 saturated heterocycles. The molecule has 0 aromatic rings. The maximum atomic E-state index is 10.9. The molecule has 0 radical (unpaired) electrons. The third kappa shape index (κ3) is 3.04. The van der Waals surface area contributed by atoms with Crippen LogP contribution in [0.5, 0.6) is 0 Å². The van der Waals surface area contributed by atoms with Crippen molar-refractivity contribution in [1.82, 2.24) is 4.90 Å². The minimum absolute atomic E-state index is 0.0224. The Morgan fingerprint density at radius 1 is 1.60 bits per heavy atom. The molecule has 15 heavy (non-hydrogen) atoms. The molecule has 1 heterocycles. The number of hydrogen-bond donors (Lipinski definition) is 1. The number of carbonyl (C=O) groups is 1. The highest BCUT2D eigenvalue weighted by atomic mass is 16.5. The zero-order valence-electron chi connectivity index (χ0n) is 9.40. The minimum Gasteiger partial charge on any atom is -0.481 e. The molecule has 0 aliphatic carbocycles. The highest BCUT2D eigenvalue weighted by Crippen LogP contribution is 2.19. The van der Waals surface area contributed by atoms with Crippen molar-refractivity contribution in [3.63, 3.8) is 0 Å². The Morgan fingerprint density at radius 3 is 2.80 bits per heavy atom. The largest absolute Gasteiger partial charge is 0.481 e. The number of carboxylic acids is 1. The molecule has 1 rings (SSSR count). The Hall–Kier alpha value is -0.870. The van der Waals surface area contributed by atoms with Crippen molar-refractivity contribution in [3.05, 3.63) is 12.2 Å². The lowest BCUT2D eigenvalue weighted by Crippen LogP contribution is -2.41. The number of hydrogen-bond acceptors (Lipinski definition) is 3. The van der Waals surface area contributed by atoms with Crippen LogP contribution in [0.2, 0.25) is 0 Å². The minimum atomic E-state index is -0.772. The molecular formula is C11H19NO3. The number of rotatable bonds is 5. The van der Waals surface area contributed by atoms with E-state index in [2.05, 4.69) is 13.5 Å². The quantitative estimate of drug-likeness (QED) is 0.692. The van der Waals surface area contributed by atoms with Crippen molar-refractivity contribution in [2.75, 3.05) is 26.8 Å². The molecule has 0 spiro atoms. The molecule has 1 N–H and O–H groups in total. The Kier molecular flexibility index (Phi) is 4.29. The van der Waals surface area contributed by atoms with Gasteiger partial charge >= 0.3 is 5.97 Å². The predicted octanol–water partition coefficient (Wildman–Crippen LogP) is 0.984. The first kappa shape index (κ1) is 12.2. The van der Waals surface area contributed by atoms with Gasteiger partial charge in [0.2, 0.25) is 0 Å². The van der Waals surface area contributed by atoms with Crippen molar-refractivity contribution in [1.29, 1.82) is 0 Å². The maximum Gasteiger partial charge on any atom is 0.310 e. The van der Waals surface area contributed by atoms with E-state index < -0.39 is 11.9 Å². The van der Waals surface area contributed by atoms with Gasteiger partial charge in [0.25, 0.3) is 0 Å². The number of carboxylic acid groups (broad SMARTS) is 1. The number of aliphatic carboxylic acids is 1. The van der Waals surface area contributed by atoms with Gasteiger partial charge in [0.1, 0.15) is 0 Å². The summed E-state index contributed by atoms with van der Waals surface area (Å²) in [7, 11) is 1.93. The van der Waals surface area contributed by atoms with Gasteiger partial charge in [-0.15, -0.1) is 0 Å². The summed E-state index contributed by atoms with van der Waals surface area (Å²) in [4.78, 5) is 13.0. The van der Waals surface area contributed by atoms with Crippen LogP contribution in [-0.2, 0) is 9.53 Å². The van der Waals surface area contributed by atoms with E-state index in [4.69, 9.17) is 9.84 Å². The van der Waals surface area contributed by atoms with Crippen molar-refractivity contribution >= 4 is 5.97 Å². The highest BCUT2D eigenvalue weighted by molar-refractivity contribution is 5.71. The summed E-state index contributed by atoms with van der Waals surface area (Å²) in [6.45, 7) is 7.55. The Balaban J connectivity index is 2.54. The van der Waals surface area contributed by atoms with Gasteiger partial charge in [0, 0.05) is 12.6 Å². The van der Waals surface area contributed by atoms with Crippen LogP contribution in [-0.4, -0.2) is 48.8 Å². The van der Waals surface area contributed by atoms with E-state index in [-0.39, 0.29) is 6.04 Å². The van der Waals surface area contributed by atoms with Gasteiger partial charge in [0.15, 0.2) is 0 Å². The van der Waals surface area contributed by atoms with Crippen LogP contribution in [0, 0.1) is 5.92 Å². The Labute approximate surface area is 90.5 Å². The van der Waals surface area contributed by atoms with Crippen LogP contribution >= 0.6 is 0 Å². The van der Waals surface area contributed by atoms with Crippen LogP contribution in [0.1, 0.15) is 13.3 Å². The second-order valence-corrected chi connectivity index (χ2v) is 4.07. The third-order valence-corrected chi connectivity index (χ3v) is 2.91. The second-order valence-electron chi connectivity index (χ2n) is 4.07. The molecule has 0 saturated carbocycles. The summed E-state index contributed by atoms with van der Waals surface area (Å²) in [6, 6.07) is -0.0224. The number of ether oxygens (including phenoxy) is 1. The molecule has 1 aliphatic heterocycles. The molecule has 1 fully saturated rings. The SMILES string of the molecule is C=C(CC)CN(C)C1COCC1C(=O)O. The van der Waals surface area contributed by atoms with Gasteiger partial charge in [-0.1, -0.05) is 19.1 Å². The zero-order valence-corrected chi connectivity index (χ0v) is 9.40. The number of nitrogens with zero attached hydrogens (tertiary/aromatic N) is 1. The Bertz CT molecular complexity index is 252. The van der Waals surface area contributed by atoms with E-state index in [1.807, 2.05) is 11.9 Å². The predicted molar refractivity (Wildman–Crippen MR) is 57.8 cm³/mol. The fourth-order valence-corrected chi connectivity index (χ4v) is 1.80.